The molecular formula is C12H14O. The molecule has 0 saturated heterocycles. The Balaban J connectivity index is 3.06. The molecular weight excluding hydrogens is 160 g/mol. The predicted octanol–water partition coefficient (Wildman–Crippen LogP) is 2.47. The van der Waals surface area contributed by atoms with Gasteiger partial charge in [0.1, 0.15) is 0 Å². The highest BCUT2D eigenvalue weighted by atomic mass is 16.1. The summed E-state index contributed by atoms with van der Waals surface area (Å²) in [6, 6.07) is 7.35. The van der Waals surface area contributed by atoms with Crippen LogP contribution in [0.5, 0.6) is 0 Å². The third kappa shape index (κ3) is 2.86. The van der Waals surface area contributed by atoms with Crippen molar-refractivity contribution in [3.63, 3.8) is 0 Å². The molecule has 0 radical (unpaired) electrons. The zero-order chi connectivity index (χ0) is 9.68. The summed E-state index contributed by atoms with van der Waals surface area (Å²) >= 11 is 0. The highest BCUT2D eigenvalue weighted by Gasteiger charge is 1.91. The van der Waals surface area contributed by atoms with Crippen LogP contribution in [-0.2, 0) is 6.42 Å². The predicted molar refractivity (Wildman–Crippen MR) is 56.0 cm³/mol. The standard InChI is InChI=1S/C12H14O/c1-3-4-6-11-7-5-8-12(13)10(2)9-11/h3-5,7-9H,6H2,1-2H3/b4-3-. The summed E-state index contributed by atoms with van der Waals surface area (Å²) in [6.07, 6.45) is 4.99. The second-order valence-corrected chi connectivity index (χ2v) is 3.07. The molecule has 0 bridgehead atoms. The Bertz CT molecular complexity index is 364. The quantitative estimate of drug-likeness (QED) is 0.629. The second-order valence-electron chi connectivity index (χ2n) is 3.07. The van der Waals surface area contributed by atoms with Gasteiger partial charge in [0.2, 0.25) is 0 Å². The maximum Gasteiger partial charge on any atom is 0.181 e. The van der Waals surface area contributed by atoms with Crippen LogP contribution < -0.4 is 5.43 Å². The lowest BCUT2D eigenvalue weighted by Gasteiger charge is -1.90. The van der Waals surface area contributed by atoms with Gasteiger partial charge < -0.3 is 0 Å². The Kier molecular flexibility index (Phi) is 3.44. The average Bonchev–Trinajstić information content (AvgIpc) is 2.26. The Labute approximate surface area is 78.7 Å². The first-order valence-electron chi connectivity index (χ1n) is 4.45. The van der Waals surface area contributed by atoms with Crippen LogP contribution in [0.15, 0.2) is 41.2 Å². The van der Waals surface area contributed by atoms with Gasteiger partial charge in [0, 0.05) is 0 Å². The zero-order valence-electron chi connectivity index (χ0n) is 8.08. The Hall–Kier alpha value is -1.37. The fourth-order valence-electron chi connectivity index (χ4n) is 1.17. The Morgan fingerprint density at radius 2 is 2.15 bits per heavy atom. The van der Waals surface area contributed by atoms with Gasteiger partial charge in [-0.3, -0.25) is 4.79 Å². The summed E-state index contributed by atoms with van der Waals surface area (Å²) < 4.78 is 0. The van der Waals surface area contributed by atoms with E-state index in [1.165, 1.54) is 5.56 Å². The minimum absolute atomic E-state index is 0.103. The Morgan fingerprint density at radius 3 is 2.85 bits per heavy atom. The molecule has 0 aliphatic heterocycles. The SMILES string of the molecule is C/C=C\Cc1cccc(=O)c(C)c1. The number of hydrogen-bond donors (Lipinski definition) is 0. The second kappa shape index (κ2) is 4.61. The van der Waals surface area contributed by atoms with Crippen molar-refractivity contribution in [2.75, 3.05) is 0 Å². The summed E-state index contributed by atoms with van der Waals surface area (Å²) in [5.74, 6) is 0. The maximum atomic E-state index is 11.2. The van der Waals surface area contributed by atoms with E-state index in [1.807, 2.05) is 38.1 Å². The molecule has 1 nitrogen and oxygen atoms in total. The summed E-state index contributed by atoms with van der Waals surface area (Å²) in [5, 5.41) is 0. The molecule has 0 saturated carbocycles. The number of hydrogen-bond acceptors (Lipinski definition) is 1. The molecule has 0 amide bonds. The van der Waals surface area contributed by atoms with Gasteiger partial charge in [-0.1, -0.05) is 30.4 Å². The van der Waals surface area contributed by atoms with Crippen molar-refractivity contribution in [3.05, 3.63) is 57.8 Å². The van der Waals surface area contributed by atoms with E-state index in [4.69, 9.17) is 0 Å². The molecule has 0 atom stereocenters. The van der Waals surface area contributed by atoms with Gasteiger partial charge >= 0.3 is 0 Å². The van der Waals surface area contributed by atoms with Gasteiger partial charge in [-0.15, -0.1) is 0 Å². The van der Waals surface area contributed by atoms with Gasteiger partial charge in [-0.05, 0) is 37.5 Å². The van der Waals surface area contributed by atoms with Crippen LogP contribution in [0.3, 0.4) is 0 Å². The summed E-state index contributed by atoms with van der Waals surface area (Å²) in [7, 11) is 0. The van der Waals surface area contributed by atoms with E-state index in [0.717, 1.165) is 12.0 Å². The molecule has 0 aromatic heterocycles. The zero-order valence-corrected chi connectivity index (χ0v) is 8.08. The molecule has 13 heavy (non-hydrogen) atoms. The minimum Gasteiger partial charge on any atom is -0.290 e. The Morgan fingerprint density at radius 1 is 1.38 bits per heavy atom. The third-order valence-corrected chi connectivity index (χ3v) is 1.94. The summed E-state index contributed by atoms with van der Waals surface area (Å²) in [5.41, 5.74) is 2.09. The first-order valence-corrected chi connectivity index (χ1v) is 4.45. The van der Waals surface area contributed by atoms with Crippen molar-refractivity contribution in [1.29, 1.82) is 0 Å². The number of rotatable bonds is 2. The van der Waals surface area contributed by atoms with Crippen LogP contribution in [0.25, 0.3) is 0 Å². The summed E-state index contributed by atoms with van der Waals surface area (Å²) in [4.78, 5) is 11.2. The number of aryl methyl sites for hydroxylation is 1. The first kappa shape index (κ1) is 9.72. The topological polar surface area (TPSA) is 17.1 Å². The van der Waals surface area contributed by atoms with Crippen LogP contribution in [-0.4, -0.2) is 0 Å². The molecule has 0 N–H and O–H groups in total. The van der Waals surface area contributed by atoms with Gasteiger partial charge in [0.25, 0.3) is 0 Å². The summed E-state index contributed by atoms with van der Waals surface area (Å²) in [6.45, 7) is 3.84. The van der Waals surface area contributed by atoms with E-state index in [9.17, 15) is 4.79 Å². The first-order chi connectivity index (χ1) is 6.24. The third-order valence-electron chi connectivity index (χ3n) is 1.94. The normalized spacial score (nSPS) is 10.6. The van der Waals surface area contributed by atoms with E-state index < -0.39 is 0 Å². The highest BCUT2D eigenvalue weighted by molar-refractivity contribution is 5.22. The molecule has 0 unspecified atom stereocenters. The smallest absolute Gasteiger partial charge is 0.181 e. The molecule has 1 aromatic carbocycles. The van der Waals surface area contributed by atoms with Gasteiger partial charge in [-0.25, -0.2) is 0 Å². The van der Waals surface area contributed by atoms with Crippen LogP contribution in [0.2, 0.25) is 0 Å². The van der Waals surface area contributed by atoms with Gasteiger partial charge in [-0.2, -0.15) is 0 Å². The lowest BCUT2D eigenvalue weighted by atomic mass is 10.2. The van der Waals surface area contributed by atoms with Crippen molar-refractivity contribution in [2.24, 2.45) is 0 Å². The van der Waals surface area contributed by atoms with E-state index in [0.29, 0.717) is 0 Å². The fraction of sp³-hybridized carbons (Fsp3) is 0.250. The molecule has 0 aliphatic carbocycles. The van der Waals surface area contributed by atoms with Crippen molar-refractivity contribution in [2.45, 2.75) is 20.3 Å². The average molecular weight is 174 g/mol. The van der Waals surface area contributed by atoms with Crippen LogP contribution in [0.1, 0.15) is 18.1 Å². The van der Waals surface area contributed by atoms with Crippen molar-refractivity contribution in [3.8, 4) is 0 Å². The van der Waals surface area contributed by atoms with E-state index in [2.05, 4.69) is 6.08 Å². The van der Waals surface area contributed by atoms with E-state index >= 15 is 0 Å². The lowest BCUT2D eigenvalue weighted by Crippen LogP contribution is -1.97. The van der Waals surface area contributed by atoms with Crippen LogP contribution in [0, 0.1) is 6.92 Å². The molecule has 1 rings (SSSR count). The fourth-order valence-corrected chi connectivity index (χ4v) is 1.17. The minimum atomic E-state index is 0.103. The molecule has 1 aromatic rings. The maximum absolute atomic E-state index is 11.2. The van der Waals surface area contributed by atoms with Crippen molar-refractivity contribution in [1.82, 2.24) is 0 Å². The molecule has 68 valence electrons. The molecule has 1 heteroatoms. The van der Waals surface area contributed by atoms with Gasteiger partial charge in [0.15, 0.2) is 5.43 Å². The van der Waals surface area contributed by atoms with E-state index in [1.54, 1.807) is 6.07 Å². The highest BCUT2D eigenvalue weighted by Crippen LogP contribution is 2.00. The van der Waals surface area contributed by atoms with Gasteiger partial charge in [0.05, 0.1) is 0 Å². The molecule has 0 spiro atoms. The lowest BCUT2D eigenvalue weighted by molar-refractivity contribution is 1.26. The molecule has 0 heterocycles. The monoisotopic (exact) mass is 174 g/mol. The largest absolute Gasteiger partial charge is 0.290 e. The molecule has 0 fully saturated rings. The molecule has 0 aliphatic rings. The van der Waals surface area contributed by atoms with E-state index in [-0.39, 0.29) is 5.43 Å². The van der Waals surface area contributed by atoms with Crippen molar-refractivity contribution >= 4 is 0 Å². The van der Waals surface area contributed by atoms with Crippen LogP contribution >= 0.6 is 0 Å². The number of allylic oxidation sites excluding steroid dienone is 2. The van der Waals surface area contributed by atoms with Crippen LogP contribution in [0.4, 0.5) is 0 Å². The van der Waals surface area contributed by atoms with Crippen molar-refractivity contribution < 1.29 is 0 Å².